The number of hydrogen-bond donors (Lipinski definition) is 0. The summed E-state index contributed by atoms with van der Waals surface area (Å²) in [6.07, 6.45) is 4.07. The van der Waals surface area contributed by atoms with Gasteiger partial charge in [0, 0.05) is 18.9 Å². The molecule has 0 amide bonds. The molecule has 2 heterocycles. The number of para-hydroxylation sites is 1. The quantitative estimate of drug-likeness (QED) is 0.743. The first-order valence-electron chi connectivity index (χ1n) is 5.31. The average molecular weight is 234 g/mol. The van der Waals surface area contributed by atoms with Gasteiger partial charge in [0.15, 0.2) is 0 Å². The van der Waals surface area contributed by atoms with Crippen LogP contribution in [-0.2, 0) is 0 Å². The van der Waals surface area contributed by atoms with Crippen molar-refractivity contribution in [1.82, 2.24) is 4.90 Å². The van der Waals surface area contributed by atoms with Gasteiger partial charge in [-0.25, -0.2) is 0 Å². The number of anilines is 1. The Hall–Kier alpha value is -1.48. The Balaban J connectivity index is 2.08. The first-order chi connectivity index (χ1) is 7.77. The molecule has 1 aromatic rings. The van der Waals surface area contributed by atoms with Crippen molar-refractivity contribution in [3.63, 3.8) is 0 Å². The zero-order valence-electron chi connectivity index (χ0n) is 9.02. The smallest absolute Gasteiger partial charge is 0.209 e. The Morgan fingerprint density at radius 1 is 1.31 bits per heavy atom. The number of halogens is 1. The van der Waals surface area contributed by atoms with Gasteiger partial charge in [0.2, 0.25) is 5.96 Å². The lowest BCUT2D eigenvalue weighted by Gasteiger charge is -2.21. The maximum absolute atomic E-state index is 6.25. The fraction of sp³-hybridized carbons (Fsp3) is 0.250. The SMILES string of the molecule is Cc1cccc(Cl)c1N1C=CN2CCN=C21. The summed E-state index contributed by atoms with van der Waals surface area (Å²) in [6.45, 7) is 3.89. The minimum atomic E-state index is 0.765. The standard InChI is InChI=1S/C12H12ClN3/c1-9-3-2-4-10(13)11(9)16-8-7-15-6-5-14-12(15)16/h2-4,7-8H,5-6H2,1H3. The molecule has 0 unspecified atom stereocenters. The average Bonchev–Trinajstić information content (AvgIpc) is 2.81. The van der Waals surface area contributed by atoms with Crippen LogP contribution in [0.15, 0.2) is 35.6 Å². The summed E-state index contributed by atoms with van der Waals surface area (Å²) in [4.78, 5) is 8.69. The molecule has 0 N–H and O–H groups in total. The molecule has 3 rings (SSSR count). The van der Waals surface area contributed by atoms with Crippen LogP contribution in [0.4, 0.5) is 5.69 Å². The molecule has 0 saturated heterocycles. The summed E-state index contributed by atoms with van der Waals surface area (Å²) in [5.74, 6) is 0.983. The van der Waals surface area contributed by atoms with Crippen molar-refractivity contribution in [2.24, 2.45) is 4.99 Å². The third-order valence-electron chi connectivity index (χ3n) is 2.89. The molecule has 0 fully saturated rings. The second kappa shape index (κ2) is 3.52. The second-order valence-electron chi connectivity index (χ2n) is 3.95. The van der Waals surface area contributed by atoms with Crippen LogP contribution in [0.1, 0.15) is 5.56 Å². The van der Waals surface area contributed by atoms with E-state index in [1.54, 1.807) is 0 Å². The minimum absolute atomic E-state index is 0.765. The molecule has 0 aliphatic carbocycles. The van der Waals surface area contributed by atoms with Crippen molar-refractivity contribution in [2.75, 3.05) is 18.0 Å². The first kappa shape index (κ1) is 9.73. The highest BCUT2D eigenvalue weighted by Gasteiger charge is 2.28. The second-order valence-corrected chi connectivity index (χ2v) is 4.36. The van der Waals surface area contributed by atoms with Gasteiger partial charge in [0.1, 0.15) is 0 Å². The molecule has 0 aromatic heterocycles. The summed E-state index contributed by atoms with van der Waals surface area (Å²) >= 11 is 6.25. The van der Waals surface area contributed by atoms with E-state index < -0.39 is 0 Å². The first-order valence-corrected chi connectivity index (χ1v) is 5.69. The summed E-state index contributed by atoms with van der Waals surface area (Å²) in [5.41, 5.74) is 2.19. The molecular formula is C12H12ClN3. The zero-order chi connectivity index (χ0) is 11.1. The Morgan fingerprint density at radius 3 is 3.00 bits per heavy atom. The van der Waals surface area contributed by atoms with E-state index >= 15 is 0 Å². The van der Waals surface area contributed by atoms with Crippen LogP contribution in [0.2, 0.25) is 5.02 Å². The molecule has 82 valence electrons. The number of nitrogens with zero attached hydrogens (tertiary/aromatic N) is 3. The Bertz CT molecular complexity index is 473. The molecule has 3 nitrogen and oxygen atoms in total. The number of aryl methyl sites for hydroxylation is 1. The summed E-state index contributed by atoms with van der Waals surface area (Å²) in [6, 6.07) is 5.94. The van der Waals surface area contributed by atoms with E-state index in [0.29, 0.717) is 0 Å². The molecule has 0 spiro atoms. The number of aliphatic imine (C=N–C) groups is 1. The topological polar surface area (TPSA) is 18.8 Å². The summed E-state index contributed by atoms with van der Waals surface area (Å²) in [7, 11) is 0. The normalized spacial score (nSPS) is 18.0. The highest BCUT2D eigenvalue weighted by Crippen LogP contribution is 2.33. The van der Waals surface area contributed by atoms with Crippen molar-refractivity contribution < 1.29 is 0 Å². The molecule has 0 atom stereocenters. The third-order valence-corrected chi connectivity index (χ3v) is 3.20. The van der Waals surface area contributed by atoms with Crippen LogP contribution in [-0.4, -0.2) is 23.9 Å². The van der Waals surface area contributed by atoms with Crippen LogP contribution in [0, 0.1) is 6.92 Å². The van der Waals surface area contributed by atoms with Crippen molar-refractivity contribution in [3.05, 3.63) is 41.2 Å². The molecule has 2 aliphatic heterocycles. The molecule has 4 heteroatoms. The summed E-state index contributed by atoms with van der Waals surface area (Å²) in [5, 5.41) is 0.765. The Morgan fingerprint density at radius 2 is 2.19 bits per heavy atom. The highest BCUT2D eigenvalue weighted by atomic mass is 35.5. The third kappa shape index (κ3) is 1.32. The molecule has 0 radical (unpaired) electrons. The maximum Gasteiger partial charge on any atom is 0.209 e. The van der Waals surface area contributed by atoms with E-state index in [1.165, 1.54) is 0 Å². The lowest BCUT2D eigenvalue weighted by Crippen LogP contribution is -2.30. The van der Waals surface area contributed by atoms with Gasteiger partial charge >= 0.3 is 0 Å². The van der Waals surface area contributed by atoms with E-state index in [9.17, 15) is 0 Å². The van der Waals surface area contributed by atoms with Gasteiger partial charge in [-0.15, -0.1) is 0 Å². The van der Waals surface area contributed by atoms with Gasteiger partial charge in [-0.3, -0.25) is 9.89 Å². The van der Waals surface area contributed by atoms with Gasteiger partial charge < -0.3 is 4.90 Å². The van der Waals surface area contributed by atoms with Crippen LogP contribution >= 0.6 is 11.6 Å². The molecule has 1 aromatic carbocycles. The lowest BCUT2D eigenvalue weighted by molar-refractivity contribution is 0.619. The predicted molar refractivity (Wildman–Crippen MR) is 66.8 cm³/mol. The van der Waals surface area contributed by atoms with E-state index in [2.05, 4.69) is 34.0 Å². The van der Waals surface area contributed by atoms with Gasteiger partial charge in [0.25, 0.3) is 0 Å². The predicted octanol–water partition coefficient (Wildman–Crippen LogP) is 2.61. The van der Waals surface area contributed by atoms with Crippen molar-refractivity contribution in [1.29, 1.82) is 0 Å². The number of rotatable bonds is 1. The van der Waals surface area contributed by atoms with Crippen LogP contribution in [0.3, 0.4) is 0 Å². The van der Waals surface area contributed by atoms with Gasteiger partial charge in [-0.1, -0.05) is 23.7 Å². The minimum Gasteiger partial charge on any atom is -0.315 e. The van der Waals surface area contributed by atoms with Gasteiger partial charge in [-0.2, -0.15) is 0 Å². The Kier molecular flexibility index (Phi) is 2.14. The number of fused-ring (bicyclic) bond motifs is 1. The van der Waals surface area contributed by atoms with Gasteiger partial charge in [-0.05, 0) is 18.6 Å². The number of hydrogen-bond acceptors (Lipinski definition) is 3. The maximum atomic E-state index is 6.25. The van der Waals surface area contributed by atoms with E-state index in [4.69, 9.17) is 11.6 Å². The number of guanidine groups is 1. The number of benzene rings is 1. The Labute approximate surface area is 99.6 Å². The van der Waals surface area contributed by atoms with Crippen molar-refractivity contribution in [3.8, 4) is 0 Å². The van der Waals surface area contributed by atoms with Crippen molar-refractivity contribution >= 4 is 23.2 Å². The summed E-state index contributed by atoms with van der Waals surface area (Å²) < 4.78 is 0. The van der Waals surface area contributed by atoms with Crippen LogP contribution < -0.4 is 4.90 Å². The molecular weight excluding hydrogens is 222 g/mol. The fourth-order valence-corrected chi connectivity index (χ4v) is 2.43. The highest BCUT2D eigenvalue weighted by molar-refractivity contribution is 6.34. The monoisotopic (exact) mass is 233 g/mol. The fourth-order valence-electron chi connectivity index (χ4n) is 2.12. The largest absolute Gasteiger partial charge is 0.315 e. The van der Waals surface area contributed by atoms with E-state index in [1.807, 2.05) is 18.3 Å². The van der Waals surface area contributed by atoms with Crippen LogP contribution in [0.5, 0.6) is 0 Å². The molecule has 0 saturated carbocycles. The van der Waals surface area contributed by atoms with Crippen LogP contribution in [0.25, 0.3) is 0 Å². The molecule has 0 bridgehead atoms. The van der Waals surface area contributed by atoms with E-state index in [-0.39, 0.29) is 0 Å². The lowest BCUT2D eigenvalue weighted by atomic mass is 10.2. The van der Waals surface area contributed by atoms with Crippen molar-refractivity contribution in [2.45, 2.75) is 6.92 Å². The van der Waals surface area contributed by atoms with Gasteiger partial charge in [0.05, 0.1) is 17.3 Å². The zero-order valence-corrected chi connectivity index (χ0v) is 9.78. The van der Waals surface area contributed by atoms with E-state index in [0.717, 1.165) is 35.3 Å². The molecule has 16 heavy (non-hydrogen) atoms. The molecule has 2 aliphatic rings.